The fraction of sp³-hybridized carbons (Fsp3) is 0.269. The number of carboxylic acids is 1. The summed E-state index contributed by atoms with van der Waals surface area (Å²) in [6.07, 6.45) is 3.70. The van der Waals surface area contributed by atoms with Crippen molar-refractivity contribution >= 4 is 5.97 Å². The van der Waals surface area contributed by atoms with Crippen LogP contribution in [-0.4, -0.2) is 29.9 Å². The molecule has 0 saturated carbocycles. The predicted octanol–water partition coefficient (Wildman–Crippen LogP) is 6.22. The van der Waals surface area contributed by atoms with E-state index in [0.717, 1.165) is 22.8 Å². The second-order valence-corrected chi connectivity index (χ2v) is 7.04. The van der Waals surface area contributed by atoms with E-state index in [1.54, 1.807) is 33.5 Å². The lowest BCUT2D eigenvalue weighted by Gasteiger charge is -2.05. The zero-order valence-corrected chi connectivity index (χ0v) is 20.3. The molecule has 7 heteroatoms. The predicted molar refractivity (Wildman–Crippen MR) is 128 cm³/mol. The van der Waals surface area contributed by atoms with Gasteiger partial charge in [0.1, 0.15) is 23.0 Å². The van der Waals surface area contributed by atoms with Gasteiger partial charge in [-0.2, -0.15) is 0 Å². The molecule has 3 aromatic heterocycles. The van der Waals surface area contributed by atoms with Crippen LogP contribution in [0, 0.1) is 27.7 Å². The highest BCUT2D eigenvalue weighted by Crippen LogP contribution is 2.23. The Morgan fingerprint density at radius 1 is 0.909 bits per heavy atom. The van der Waals surface area contributed by atoms with E-state index in [2.05, 4.69) is 17.6 Å². The van der Waals surface area contributed by atoms with Crippen molar-refractivity contribution in [1.82, 2.24) is 4.57 Å². The molecule has 0 bridgehead atoms. The SMILES string of the molecule is COc1ccc(C)c(OC)c1.Cc1ccc(C(=O)O)o1.Cc1cccn1C.Cc1ccco1. The lowest BCUT2D eigenvalue weighted by molar-refractivity contribution is 0.0661. The Balaban J connectivity index is 0.000000225. The van der Waals surface area contributed by atoms with Crippen LogP contribution < -0.4 is 9.47 Å². The van der Waals surface area contributed by atoms with Crippen molar-refractivity contribution in [2.75, 3.05) is 14.2 Å². The third-order valence-corrected chi connectivity index (χ3v) is 4.43. The third kappa shape index (κ3) is 10.3. The second kappa shape index (κ2) is 14.2. The minimum atomic E-state index is -1.02. The van der Waals surface area contributed by atoms with Gasteiger partial charge in [0.05, 0.1) is 20.5 Å². The fourth-order valence-corrected chi connectivity index (χ4v) is 2.38. The van der Waals surface area contributed by atoms with Gasteiger partial charge in [-0.3, -0.25) is 0 Å². The van der Waals surface area contributed by atoms with Crippen LogP contribution in [0.25, 0.3) is 0 Å². The fourth-order valence-electron chi connectivity index (χ4n) is 2.38. The number of benzene rings is 1. The Bertz CT molecular complexity index is 1060. The van der Waals surface area contributed by atoms with Crippen LogP contribution in [0.15, 0.2) is 75.9 Å². The van der Waals surface area contributed by atoms with Crippen LogP contribution in [0.2, 0.25) is 0 Å². The number of carboxylic acid groups (broad SMARTS) is 1. The highest BCUT2D eigenvalue weighted by Gasteiger charge is 2.04. The molecule has 178 valence electrons. The second-order valence-electron chi connectivity index (χ2n) is 7.04. The Kier molecular flexibility index (Phi) is 11.7. The number of hydrogen-bond donors (Lipinski definition) is 1. The van der Waals surface area contributed by atoms with E-state index in [4.69, 9.17) is 23.4 Å². The largest absolute Gasteiger partial charge is 0.497 e. The van der Waals surface area contributed by atoms with Crippen molar-refractivity contribution in [2.45, 2.75) is 27.7 Å². The molecule has 7 nitrogen and oxygen atoms in total. The van der Waals surface area contributed by atoms with Crippen molar-refractivity contribution in [1.29, 1.82) is 0 Å². The molecule has 0 aliphatic rings. The standard InChI is InChI=1S/C9H12O2.C6H9N.C6H6O3.C5H6O/c1-7-4-5-8(10-2)6-9(7)11-3;1-6-4-3-5-7(6)2;1-4-2-3-5(9-4)6(7)8;1-5-3-2-4-6-5/h4-6H,1-3H3;3-5H,1-2H3;2-3H,1H3,(H,7,8);2-4H,1H3. The molecule has 33 heavy (non-hydrogen) atoms. The summed E-state index contributed by atoms with van der Waals surface area (Å²) in [5.74, 6) is 2.25. The molecule has 0 aliphatic heterocycles. The van der Waals surface area contributed by atoms with E-state index >= 15 is 0 Å². The quantitative estimate of drug-likeness (QED) is 0.395. The zero-order valence-electron chi connectivity index (χ0n) is 20.3. The Labute approximate surface area is 195 Å². The number of aromatic carboxylic acids is 1. The Hall–Kier alpha value is -3.87. The average molecular weight is 456 g/mol. The number of hydrogen-bond acceptors (Lipinski definition) is 5. The van der Waals surface area contributed by atoms with Gasteiger partial charge in [0, 0.05) is 25.0 Å². The normalized spacial score (nSPS) is 9.30. The highest BCUT2D eigenvalue weighted by atomic mass is 16.5. The first-order chi connectivity index (χ1) is 15.7. The summed E-state index contributed by atoms with van der Waals surface area (Å²) < 4.78 is 21.8. The van der Waals surface area contributed by atoms with E-state index in [1.807, 2.05) is 63.5 Å². The monoisotopic (exact) mass is 455 g/mol. The molecule has 4 aromatic rings. The molecule has 1 aromatic carbocycles. The molecule has 0 fully saturated rings. The minimum Gasteiger partial charge on any atom is -0.497 e. The summed E-state index contributed by atoms with van der Waals surface area (Å²) >= 11 is 0. The molecule has 0 radical (unpaired) electrons. The Morgan fingerprint density at radius 2 is 1.64 bits per heavy atom. The molecule has 0 spiro atoms. The first-order valence-corrected chi connectivity index (χ1v) is 10.2. The van der Waals surface area contributed by atoms with Crippen molar-refractivity contribution in [3.05, 3.63) is 95.6 Å². The van der Waals surface area contributed by atoms with E-state index < -0.39 is 5.97 Å². The van der Waals surface area contributed by atoms with Gasteiger partial charge < -0.3 is 28.0 Å². The van der Waals surface area contributed by atoms with Crippen LogP contribution in [0.4, 0.5) is 0 Å². The number of aromatic nitrogens is 1. The topological polar surface area (TPSA) is 87.0 Å². The van der Waals surface area contributed by atoms with E-state index in [1.165, 1.54) is 11.8 Å². The third-order valence-electron chi connectivity index (χ3n) is 4.43. The van der Waals surface area contributed by atoms with Gasteiger partial charge in [-0.25, -0.2) is 4.79 Å². The van der Waals surface area contributed by atoms with Gasteiger partial charge >= 0.3 is 5.97 Å². The zero-order chi connectivity index (χ0) is 24.8. The summed E-state index contributed by atoms with van der Waals surface area (Å²) in [6.45, 7) is 7.70. The maximum atomic E-state index is 10.1. The summed E-state index contributed by atoms with van der Waals surface area (Å²) in [5, 5.41) is 8.30. The molecule has 0 amide bonds. The summed E-state index contributed by atoms with van der Waals surface area (Å²) in [6, 6.07) is 16.7. The van der Waals surface area contributed by atoms with Crippen LogP contribution >= 0.6 is 0 Å². The number of furan rings is 2. The molecule has 1 N–H and O–H groups in total. The lowest BCUT2D eigenvalue weighted by Crippen LogP contribution is -1.91. The van der Waals surface area contributed by atoms with E-state index in [9.17, 15) is 4.79 Å². The maximum Gasteiger partial charge on any atom is 0.371 e. The number of methoxy groups -OCH3 is 2. The van der Waals surface area contributed by atoms with Crippen molar-refractivity contribution < 1.29 is 28.2 Å². The smallest absolute Gasteiger partial charge is 0.371 e. The number of aryl methyl sites for hydroxylation is 5. The average Bonchev–Trinajstić information content (AvgIpc) is 3.54. The van der Waals surface area contributed by atoms with Gasteiger partial charge in [-0.05, 0) is 75.7 Å². The van der Waals surface area contributed by atoms with E-state index in [-0.39, 0.29) is 5.76 Å². The van der Waals surface area contributed by atoms with Gasteiger partial charge in [-0.15, -0.1) is 0 Å². The number of ether oxygens (including phenoxy) is 2. The Morgan fingerprint density at radius 3 is 1.94 bits per heavy atom. The van der Waals surface area contributed by atoms with Gasteiger partial charge in [-0.1, -0.05) is 6.07 Å². The highest BCUT2D eigenvalue weighted by molar-refractivity contribution is 5.84. The van der Waals surface area contributed by atoms with Gasteiger partial charge in [0.2, 0.25) is 5.76 Å². The molecule has 0 atom stereocenters. The molecular formula is C26H33NO6. The van der Waals surface area contributed by atoms with Gasteiger partial charge in [0.25, 0.3) is 0 Å². The van der Waals surface area contributed by atoms with E-state index in [0.29, 0.717) is 5.76 Å². The molecular weight excluding hydrogens is 422 g/mol. The van der Waals surface area contributed by atoms with Crippen LogP contribution in [0.1, 0.15) is 33.3 Å². The summed E-state index contributed by atoms with van der Waals surface area (Å²) in [5.41, 5.74) is 2.42. The van der Waals surface area contributed by atoms with Crippen LogP contribution in [0.5, 0.6) is 11.5 Å². The number of carbonyl (C=O) groups is 1. The first kappa shape index (κ1) is 27.2. The van der Waals surface area contributed by atoms with Gasteiger partial charge in [0.15, 0.2) is 0 Å². The maximum absolute atomic E-state index is 10.1. The molecule has 4 rings (SSSR count). The van der Waals surface area contributed by atoms with Crippen molar-refractivity contribution in [3.8, 4) is 11.5 Å². The summed E-state index contributed by atoms with van der Waals surface area (Å²) in [7, 11) is 5.33. The lowest BCUT2D eigenvalue weighted by atomic mass is 10.2. The summed E-state index contributed by atoms with van der Waals surface area (Å²) in [4.78, 5) is 10.1. The molecule has 0 saturated heterocycles. The van der Waals surface area contributed by atoms with Crippen LogP contribution in [-0.2, 0) is 7.05 Å². The minimum absolute atomic E-state index is 0.00694. The first-order valence-electron chi connectivity index (χ1n) is 10.2. The van der Waals surface area contributed by atoms with Crippen molar-refractivity contribution in [3.63, 3.8) is 0 Å². The molecule has 0 unspecified atom stereocenters. The molecule has 3 heterocycles. The van der Waals surface area contributed by atoms with Crippen LogP contribution in [0.3, 0.4) is 0 Å². The molecule has 0 aliphatic carbocycles. The number of nitrogens with zero attached hydrogens (tertiary/aromatic N) is 1. The number of rotatable bonds is 3. The van der Waals surface area contributed by atoms with Crippen molar-refractivity contribution in [2.24, 2.45) is 7.05 Å².